The smallest absolute Gasteiger partial charge is 0.329 e. The molecule has 0 aromatic carbocycles. The first-order valence-electron chi connectivity index (χ1n) is 22.4. The molecule has 60 heavy (non-hydrogen) atoms. The molecule has 0 aliphatic carbocycles. The minimum absolute atomic E-state index is 0.164. The zero-order valence-electron chi connectivity index (χ0n) is 38.8. The molecular weight excluding hydrogens is 773 g/mol. The van der Waals surface area contributed by atoms with Gasteiger partial charge in [0.2, 0.25) is 23.6 Å². The van der Waals surface area contributed by atoms with Crippen LogP contribution < -0.4 is 10.6 Å². The standard InChI is InChI=1S/C44H78N6O10/c1-13-17-21-25-33-39(53)47(9)29(5)37(51)46-34(26-22-18-14-2)40(54)49(11)31(7)43(57)60-36(28-24-20-16-4)42(56)50(12)32(8)44(58)59-35(27-23-19-15-3)41(55)48(10)30(6)38(52)45-33/h29-36H,13-28H2,1-12H3,(H,45,52)(H,46,51)/t29-,30-,31-,32-,33+,34+,35+,36+/m1/s1. The molecule has 16 nitrogen and oxygen atoms in total. The van der Waals surface area contributed by atoms with Gasteiger partial charge in [-0.25, -0.2) is 9.59 Å². The summed E-state index contributed by atoms with van der Waals surface area (Å²) in [6.07, 6.45) is 7.08. The third kappa shape index (κ3) is 16.3. The van der Waals surface area contributed by atoms with Gasteiger partial charge in [0.25, 0.3) is 11.8 Å². The molecule has 1 rings (SSSR count). The summed E-state index contributed by atoms with van der Waals surface area (Å²) in [5.74, 6) is -5.25. The second kappa shape index (κ2) is 27.6. The van der Waals surface area contributed by atoms with Crippen molar-refractivity contribution in [3.8, 4) is 0 Å². The van der Waals surface area contributed by atoms with Gasteiger partial charge in [0.15, 0.2) is 12.2 Å². The first kappa shape index (κ1) is 53.8. The first-order chi connectivity index (χ1) is 28.3. The second-order valence-electron chi connectivity index (χ2n) is 16.5. The van der Waals surface area contributed by atoms with E-state index >= 15 is 0 Å². The third-order valence-electron chi connectivity index (χ3n) is 11.8. The Balaban J connectivity index is 3.81. The van der Waals surface area contributed by atoms with E-state index in [1.807, 2.05) is 27.7 Å². The maximum absolute atomic E-state index is 14.1. The summed E-state index contributed by atoms with van der Waals surface area (Å²) in [7, 11) is 5.70. The number of cyclic esters (lactones) is 2. The summed E-state index contributed by atoms with van der Waals surface area (Å²) in [6, 6.07) is -6.56. The Morgan fingerprint density at radius 3 is 0.983 bits per heavy atom. The number of unbranched alkanes of at least 4 members (excludes halogenated alkanes) is 8. The van der Waals surface area contributed by atoms with Gasteiger partial charge >= 0.3 is 11.9 Å². The Hall–Kier alpha value is -4.24. The molecule has 2 N–H and O–H groups in total. The number of esters is 2. The van der Waals surface area contributed by atoms with Crippen LogP contribution in [-0.2, 0) is 47.8 Å². The van der Waals surface area contributed by atoms with Crippen LogP contribution in [0.2, 0.25) is 0 Å². The van der Waals surface area contributed by atoms with E-state index in [1.165, 1.54) is 70.6 Å². The molecule has 344 valence electrons. The molecule has 8 atom stereocenters. The highest BCUT2D eigenvalue weighted by atomic mass is 16.6. The molecule has 0 aromatic heterocycles. The topological polar surface area (TPSA) is 192 Å². The number of nitrogens with one attached hydrogen (secondary N) is 2. The molecule has 1 fully saturated rings. The lowest BCUT2D eigenvalue weighted by atomic mass is 10.0. The average molecular weight is 851 g/mol. The average Bonchev–Trinajstić information content (AvgIpc) is 3.23. The fourth-order valence-electron chi connectivity index (χ4n) is 6.78. The Morgan fingerprint density at radius 2 is 0.667 bits per heavy atom. The molecule has 0 spiro atoms. The molecule has 1 aliphatic rings. The first-order valence-corrected chi connectivity index (χ1v) is 22.4. The predicted molar refractivity (Wildman–Crippen MR) is 229 cm³/mol. The minimum atomic E-state index is -1.28. The molecule has 0 bridgehead atoms. The lowest BCUT2D eigenvalue weighted by molar-refractivity contribution is -0.171. The molecule has 0 radical (unpaired) electrons. The zero-order chi connectivity index (χ0) is 45.7. The number of amides is 6. The van der Waals surface area contributed by atoms with Gasteiger partial charge in [-0.15, -0.1) is 0 Å². The molecule has 6 amide bonds. The number of carbonyl (C=O) groups excluding carboxylic acids is 8. The molecule has 0 unspecified atom stereocenters. The van der Waals surface area contributed by atoms with Crippen molar-refractivity contribution in [2.75, 3.05) is 28.2 Å². The van der Waals surface area contributed by atoms with E-state index in [1.54, 1.807) is 0 Å². The number of rotatable bonds is 16. The normalized spacial score (nSPS) is 26.7. The van der Waals surface area contributed by atoms with Gasteiger partial charge < -0.3 is 39.7 Å². The minimum Gasteiger partial charge on any atom is -0.451 e. The van der Waals surface area contributed by atoms with Gasteiger partial charge in [0, 0.05) is 28.2 Å². The summed E-state index contributed by atoms with van der Waals surface area (Å²) in [5.41, 5.74) is 0. The Morgan fingerprint density at radius 1 is 0.400 bits per heavy atom. The fourth-order valence-corrected chi connectivity index (χ4v) is 6.78. The quantitative estimate of drug-likeness (QED) is 0.165. The van der Waals surface area contributed by atoms with Gasteiger partial charge in [-0.05, 0) is 66.2 Å². The largest absolute Gasteiger partial charge is 0.451 e. The van der Waals surface area contributed by atoms with Crippen LogP contribution in [-0.4, -0.2) is 144 Å². The Kier molecular flexibility index (Phi) is 24.7. The number of likely N-dealkylation sites (N-methyl/N-ethyl adjacent to an activating group) is 4. The van der Waals surface area contributed by atoms with Crippen molar-refractivity contribution in [2.45, 2.75) is 207 Å². The van der Waals surface area contributed by atoms with Crippen LogP contribution in [0, 0.1) is 0 Å². The number of hydrogen-bond acceptors (Lipinski definition) is 10. The van der Waals surface area contributed by atoms with Gasteiger partial charge in [0.05, 0.1) is 0 Å². The van der Waals surface area contributed by atoms with Crippen LogP contribution in [0.1, 0.15) is 158 Å². The molecular formula is C44H78N6O10. The van der Waals surface area contributed by atoms with Crippen molar-refractivity contribution in [1.29, 1.82) is 0 Å². The highest BCUT2D eigenvalue weighted by Gasteiger charge is 2.39. The highest BCUT2D eigenvalue weighted by Crippen LogP contribution is 2.19. The molecule has 1 saturated heterocycles. The number of hydrogen-bond donors (Lipinski definition) is 2. The van der Waals surface area contributed by atoms with E-state index in [0.717, 1.165) is 56.3 Å². The second-order valence-corrected chi connectivity index (χ2v) is 16.5. The number of nitrogens with zero attached hydrogens (tertiary/aromatic N) is 4. The highest BCUT2D eigenvalue weighted by molar-refractivity contribution is 5.97. The van der Waals surface area contributed by atoms with Crippen LogP contribution in [0.15, 0.2) is 0 Å². The van der Waals surface area contributed by atoms with Crippen LogP contribution in [0.5, 0.6) is 0 Å². The van der Waals surface area contributed by atoms with Crippen molar-refractivity contribution >= 4 is 47.4 Å². The summed E-state index contributed by atoms with van der Waals surface area (Å²) < 4.78 is 11.6. The maximum atomic E-state index is 14.1. The third-order valence-corrected chi connectivity index (χ3v) is 11.8. The zero-order valence-corrected chi connectivity index (χ0v) is 38.8. The maximum Gasteiger partial charge on any atom is 0.329 e. The molecule has 1 heterocycles. The molecule has 0 aromatic rings. The lowest BCUT2D eigenvalue weighted by Gasteiger charge is -2.34. The van der Waals surface area contributed by atoms with Crippen molar-refractivity contribution < 1.29 is 47.8 Å². The Bertz CT molecular complexity index is 1220. The van der Waals surface area contributed by atoms with E-state index < -0.39 is 95.8 Å². The summed E-state index contributed by atoms with van der Waals surface area (Å²) >= 11 is 0. The van der Waals surface area contributed by atoms with Gasteiger partial charge in [-0.2, -0.15) is 0 Å². The summed E-state index contributed by atoms with van der Waals surface area (Å²) in [5, 5.41) is 5.62. The van der Waals surface area contributed by atoms with E-state index in [2.05, 4.69) is 10.6 Å². The van der Waals surface area contributed by atoms with E-state index in [0.29, 0.717) is 25.7 Å². The summed E-state index contributed by atoms with van der Waals surface area (Å²) in [4.78, 5) is 116. The number of ether oxygens (including phenoxy) is 2. The predicted octanol–water partition coefficient (Wildman–Crippen LogP) is 4.50. The van der Waals surface area contributed by atoms with Crippen molar-refractivity contribution in [3.05, 3.63) is 0 Å². The van der Waals surface area contributed by atoms with Crippen molar-refractivity contribution in [3.63, 3.8) is 0 Å². The molecule has 1 aliphatic heterocycles. The molecule has 16 heteroatoms. The van der Waals surface area contributed by atoms with Crippen LogP contribution in [0.3, 0.4) is 0 Å². The summed E-state index contributed by atoms with van der Waals surface area (Å²) in [6.45, 7) is 14.0. The van der Waals surface area contributed by atoms with E-state index in [9.17, 15) is 38.4 Å². The van der Waals surface area contributed by atoms with Crippen molar-refractivity contribution in [2.24, 2.45) is 0 Å². The van der Waals surface area contributed by atoms with Crippen LogP contribution in [0.4, 0.5) is 0 Å². The van der Waals surface area contributed by atoms with Gasteiger partial charge in [-0.3, -0.25) is 28.8 Å². The number of carbonyl (C=O) groups is 8. The van der Waals surface area contributed by atoms with Crippen molar-refractivity contribution in [1.82, 2.24) is 30.2 Å². The van der Waals surface area contributed by atoms with Gasteiger partial charge in [0.1, 0.15) is 36.3 Å². The van der Waals surface area contributed by atoms with E-state index in [-0.39, 0.29) is 25.7 Å². The van der Waals surface area contributed by atoms with Crippen LogP contribution in [0.25, 0.3) is 0 Å². The Labute approximate surface area is 359 Å². The lowest BCUT2D eigenvalue weighted by Crippen LogP contribution is -2.58. The van der Waals surface area contributed by atoms with Crippen LogP contribution >= 0.6 is 0 Å². The monoisotopic (exact) mass is 851 g/mol. The van der Waals surface area contributed by atoms with Gasteiger partial charge in [-0.1, -0.05) is 91.9 Å². The SMILES string of the molecule is CCCCC[C@@H]1NC(=O)[C@@H](C)N(C)C(=O)[C@H](CCCCC)OC(=O)[C@@H](C)N(C)C(=O)[C@H](CCCCC)OC(=O)[C@@H](C)N(C)C(=O)[C@H](CCCCC)NC(=O)[C@@H](C)N(C)C1=O. The van der Waals surface area contributed by atoms with E-state index in [4.69, 9.17) is 9.47 Å². The fraction of sp³-hybridized carbons (Fsp3) is 0.818. The molecule has 0 saturated carbocycles.